The van der Waals surface area contributed by atoms with Gasteiger partial charge in [-0.25, -0.2) is 0 Å². The van der Waals surface area contributed by atoms with Gasteiger partial charge in [0, 0.05) is 13.0 Å². The van der Waals surface area contributed by atoms with Gasteiger partial charge in [-0.2, -0.15) is 0 Å². The minimum atomic E-state index is -0.0224. The molecule has 4 nitrogen and oxygen atoms in total. The fourth-order valence-corrected chi connectivity index (χ4v) is 1.42. The van der Waals surface area contributed by atoms with Gasteiger partial charge in [0.05, 0.1) is 13.2 Å². The molecule has 0 aliphatic carbocycles. The van der Waals surface area contributed by atoms with Gasteiger partial charge in [-0.05, 0) is 24.6 Å². The number of hydrogen-bond donors (Lipinski definition) is 2. The van der Waals surface area contributed by atoms with E-state index >= 15 is 0 Å². The summed E-state index contributed by atoms with van der Waals surface area (Å²) in [7, 11) is 1.63. The number of rotatable bonds is 5. The summed E-state index contributed by atoms with van der Waals surface area (Å²) in [6, 6.07) is 7.62. The number of benzene rings is 1. The molecule has 0 aliphatic heterocycles. The first-order chi connectivity index (χ1) is 7.67. The monoisotopic (exact) mass is 222 g/mol. The second-order valence-corrected chi connectivity index (χ2v) is 3.60. The van der Waals surface area contributed by atoms with Gasteiger partial charge >= 0.3 is 0 Å². The summed E-state index contributed by atoms with van der Waals surface area (Å²) in [6.07, 6.45) is 0.362. The Balaban J connectivity index is 2.58. The van der Waals surface area contributed by atoms with Gasteiger partial charge in [0.15, 0.2) is 0 Å². The number of nitrogens with two attached hydrogens (primary N) is 1. The van der Waals surface area contributed by atoms with Crippen LogP contribution < -0.4 is 15.8 Å². The highest BCUT2D eigenvalue weighted by molar-refractivity contribution is 5.76. The minimum Gasteiger partial charge on any atom is -0.497 e. The number of carbonyl (C=O) groups is 1. The predicted octanol–water partition coefficient (Wildman–Crippen LogP) is 1.22. The van der Waals surface area contributed by atoms with Crippen molar-refractivity contribution in [2.45, 2.75) is 19.4 Å². The molecular formula is C12H18N2O2. The SMILES string of the molecule is COc1ccc([C@H](C)NC(=O)CCN)cc1. The molecule has 0 fully saturated rings. The van der Waals surface area contributed by atoms with Crippen LogP contribution in [-0.4, -0.2) is 19.6 Å². The molecule has 4 heteroatoms. The van der Waals surface area contributed by atoms with Crippen molar-refractivity contribution in [3.05, 3.63) is 29.8 Å². The van der Waals surface area contributed by atoms with Gasteiger partial charge in [0.25, 0.3) is 0 Å². The van der Waals surface area contributed by atoms with Gasteiger partial charge < -0.3 is 15.8 Å². The highest BCUT2D eigenvalue weighted by Crippen LogP contribution is 2.17. The van der Waals surface area contributed by atoms with E-state index in [1.54, 1.807) is 7.11 Å². The van der Waals surface area contributed by atoms with E-state index in [1.165, 1.54) is 0 Å². The average molecular weight is 222 g/mol. The van der Waals surface area contributed by atoms with Crippen molar-refractivity contribution < 1.29 is 9.53 Å². The summed E-state index contributed by atoms with van der Waals surface area (Å²) in [5.74, 6) is 0.787. The minimum absolute atomic E-state index is 0.00930. The standard InChI is InChI=1S/C12H18N2O2/c1-9(14-12(15)7-8-13)10-3-5-11(16-2)6-4-10/h3-6,9H,7-8,13H2,1-2H3,(H,14,15)/t9-/m0/s1. The maximum absolute atomic E-state index is 11.3. The summed E-state index contributed by atoms with van der Waals surface area (Å²) in [4.78, 5) is 11.3. The van der Waals surface area contributed by atoms with Crippen molar-refractivity contribution in [1.29, 1.82) is 0 Å². The molecule has 0 bridgehead atoms. The molecule has 1 aromatic rings. The van der Waals surface area contributed by atoms with E-state index in [9.17, 15) is 4.79 Å². The molecule has 3 N–H and O–H groups in total. The highest BCUT2D eigenvalue weighted by Gasteiger charge is 2.08. The van der Waals surface area contributed by atoms with Crippen molar-refractivity contribution in [2.75, 3.05) is 13.7 Å². The largest absolute Gasteiger partial charge is 0.497 e. The number of carbonyl (C=O) groups excluding carboxylic acids is 1. The van der Waals surface area contributed by atoms with Gasteiger partial charge in [-0.15, -0.1) is 0 Å². The van der Waals surface area contributed by atoms with Crippen LogP contribution in [0.3, 0.4) is 0 Å². The third kappa shape index (κ3) is 3.55. The van der Waals surface area contributed by atoms with E-state index in [2.05, 4.69) is 5.32 Å². The van der Waals surface area contributed by atoms with Crippen LogP contribution in [0.5, 0.6) is 5.75 Å². The lowest BCUT2D eigenvalue weighted by Crippen LogP contribution is -2.28. The Labute approximate surface area is 95.8 Å². The maximum atomic E-state index is 11.3. The smallest absolute Gasteiger partial charge is 0.221 e. The van der Waals surface area contributed by atoms with E-state index in [0.29, 0.717) is 13.0 Å². The summed E-state index contributed by atoms with van der Waals surface area (Å²) in [5, 5.41) is 2.87. The normalized spacial score (nSPS) is 11.9. The van der Waals surface area contributed by atoms with Gasteiger partial charge in [0.2, 0.25) is 5.91 Å². The Morgan fingerprint density at radius 1 is 1.44 bits per heavy atom. The number of nitrogens with one attached hydrogen (secondary N) is 1. The van der Waals surface area contributed by atoms with Crippen LogP contribution in [0.1, 0.15) is 24.9 Å². The molecule has 16 heavy (non-hydrogen) atoms. The summed E-state index contributed by atoms with van der Waals surface area (Å²) in [5.41, 5.74) is 6.35. The molecule has 0 saturated carbocycles. The molecule has 0 spiro atoms. The molecular weight excluding hydrogens is 204 g/mol. The highest BCUT2D eigenvalue weighted by atomic mass is 16.5. The third-order valence-corrected chi connectivity index (χ3v) is 2.36. The molecule has 88 valence electrons. The first-order valence-corrected chi connectivity index (χ1v) is 5.30. The van der Waals surface area contributed by atoms with Crippen molar-refractivity contribution in [1.82, 2.24) is 5.32 Å². The zero-order valence-corrected chi connectivity index (χ0v) is 9.69. The summed E-state index contributed by atoms with van der Waals surface area (Å²) >= 11 is 0. The molecule has 0 unspecified atom stereocenters. The van der Waals surface area contributed by atoms with E-state index in [0.717, 1.165) is 11.3 Å². The van der Waals surface area contributed by atoms with Crippen LogP contribution in [0.4, 0.5) is 0 Å². The molecule has 0 radical (unpaired) electrons. The zero-order valence-electron chi connectivity index (χ0n) is 9.69. The van der Waals surface area contributed by atoms with E-state index in [1.807, 2.05) is 31.2 Å². The lowest BCUT2D eigenvalue weighted by molar-refractivity contribution is -0.121. The molecule has 0 aromatic heterocycles. The van der Waals surface area contributed by atoms with E-state index in [4.69, 9.17) is 10.5 Å². The summed E-state index contributed by atoms with van der Waals surface area (Å²) in [6.45, 7) is 2.32. The van der Waals surface area contributed by atoms with Gasteiger partial charge in [-0.3, -0.25) is 4.79 Å². The van der Waals surface area contributed by atoms with Crippen molar-refractivity contribution in [3.8, 4) is 5.75 Å². The Morgan fingerprint density at radius 2 is 2.06 bits per heavy atom. The van der Waals surface area contributed by atoms with Gasteiger partial charge in [0.1, 0.15) is 5.75 Å². The number of methoxy groups -OCH3 is 1. The topological polar surface area (TPSA) is 64.3 Å². The van der Waals surface area contributed by atoms with Crippen molar-refractivity contribution >= 4 is 5.91 Å². The van der Waals surface area contributed by atoms with E-state index in [-0.39, 0.29) is 11.9 Å². The Hall–Kier alpha value is -1.55. The lowest BCUT2D eigenvalue weighted by Gasteiger charge is -2.14. The van der Waals surface area contributed by atoms with Crippen LogP contribution in [0.25, 0.3) is 0 Å². The molecule has 1 atom stereocenters. The van der Waals surface area contributed by atoms with Gasteiger partial charge in [-0.1, -0.05) is 12.1 Å². The molecule has 1 aromatic carbocycles. The average Bonchev–Trinajstić information content (AvgIpc) is 2.29. The third-order valence-electron chi connectivity index (χ3n) is 2.36. The maximum Gasteiger partial charge on any atom is 0.221 e. The zero-order chi connectivity index (χ0) is 12.0. The summed E-state index contributed by atoms with van der Waals surface area (Å²) < 4.78 is 5.06. The van der Waals surface area contributed by atoms with Crippen LogP contribution in [0, 0.1) is 0 Å². The first kappa shape index (κ1) is 12.5. The first-order valence-electron chi connectivity index (χ1n) is 5.30. The molecule has 0 aliphatic rings. The quantitative estimate of drug-likeness (QED) is 0.787. The van der Waals surface area contributed by atoms with Crippen molar-refractivity contribution in [3.63, 3.8) is 0 Å². The van der Waals surface area contributed by atoms with Crippen LogP contribution in [-0.2, 0) is 4.79 Å². The number of amides is 1. The predicted molar refractivity (Wildman–Crippen MR) is 63.2 cm³/mol. The van der Waals surface area contributed by atoms with Crippen LogP contribution >= 0.6 is 0 Å². The van der Waals surface area contributed by atoms with E-state index < -0.39 is 0 Å². The van der Waals surface area contributed by atoms with Crippen LogP contribution in [0.15, 0.2) is 24.3 Å². The second kappa shape index (κ2) is 6.12. The van der Waals surface area contributed by atoms with Crippen LogP contribution in [0.2, 0.25) is 0 Å². The lowest BCUT2D eigenvalue weighted by atomic mass is 10.1. The Morgan fingerprint density at radius 3 is 2.56 bits per heavy atom. The molecule has 0 heterocycles. The Bertz CT molecular complexity index is 335. The fourth-order valence-electron chi connectivity index (χ4n) is 1.42. The molecule has 0 saturated heterocycles. The Kier molecular flexibility index (Phi) is 4.79. The fraction of sp³-hybridized carbons (Fsp3) is 0.417. The molecule has 1 rings (SSSR count). The molecule has 1 amide bonds. The number of hydrogen-bond acceptors (Lipinski definition) is 3. The van der Waals surface area contributed by atoms with Crippen molar-refractivity contribution in [2.24, 2.45) is 5.73 Å². The number of ether oxygens (including phenoxy) is 1. The second-order valence-electron chi connectivity index (χ2n) is 3.60.